The van der Waals surface area contributed by atoms with E-state index in [1.165, 1.54) is 29.2 Å². The van der Waals surface area contributed by atoms with Gasteiger partial charge in [0.2, 0.25) is 0 Å². The summed E-state index contributed by atoms with van der Waals surface area (Å²) in [6.07, 6.45) is 2.80. The molecule has 1 unspecified atom stereocenters. The van der Waals surface area contributed by atoms with Gasteiger partial charge in [0.15, 0.2) is 0 Å². The van der Waals surface area contributed by atoms with Gasteiger partial charge in [-0.05, 0) is 6.07 Å². The molecule has 0 aliphatic heterocycles. The fraction of sp³-hybridized carbons (Fsp3) is 0.167. The number of halogens is 1. The molecule has 0 aliphatic rings. The third kappa shape index (κ3) is 2.57. The highest BCUT2D eigenvalue weighted by atomic mass is 19.1. The Kier molecular flexibility index (Phi) is 3.30. The van der Waals surface area contributed by atoms with E-state index in [-0.39, 0.29) is 17.9 Å². The average Bonchev–Trinajstić information content (AvgIpc) is 2.32. The number of hydrogen-bond acceptors (Lipinski definition) is 3. The molecular weight excluding hydrogens is 221 g/mol. The number of hydrogen-bond donors (Lipinski definition) is 1. The summed E-state index contributed by atoms with van der Waals surface area (Å²) < 4.78 is 14.8. The molecule has 0 aliphatic carbocycles. The van der Waals surface area contributed by atoms with Gasteiger partial charge in [0.05, 0.1) is 12.4 Å². The molecule has 5 heteroatoms. The summed E-state index contributed by atoms with van der Waals surface area (Å²) in [6.45, 7) is 0.202. The Morgan fingerprint density at radius 1 is 1.35 bits per heavy atom. The molecule has 0 amide bonds. The largest absolute Gasteiger partial charge is 0.322 e. The number of nitrogens with two attached hydrogens (primary N) is 1. The van der Waals surface area contributed by atoms with Crippen LogP contribution in [-0.2, 0) is 6.54 Å². The van der Waals surface area contributed by atoms with Gasteiger partial charge in [0, 0.05) is 24.4 Å². The smallest absolute Gasteiger partial charge is 0.253 e. The van der Waals surface area contributed by atoms with Crippen molar-refractivity contribution in [2.75, 3.05) is 0 Å². The summed E-state index contributed by atoms with van der Waals surface area (Å²) in [6, 6.07) is 7.04. The summed E-state index contributed by atoms with van der Waals surface area (Å²) in [4.78, 5) is 15.3. The predicted molar refractivity (Wildman–Crippen MR) is 61.8 cm³/mol. The molecule has 4 nitrogen and oxygen atoms in total. The Hall–Kier alpha value is -2.01. The molecule has 0 bridgehead atoms. The van der Waals surface area contributed by atoms with Crippen LogP contribution in [0.25, 0.3) is 0 Å². The topological polar surface area (TPSA) is 60.9 Å². The van der Waals surface area contributed by atoms with Gasteiger partial charge < -0.3 is 5.73 Å². The van der Waals surface area contributed by atoms with Crippen LogP contribution < -0.4 is 11.3 Å². The molecular formula is C12H12FN3O. The van der Waals surface area contributed by atoms with Crippen LogP contribution in [0.4, 0.5) is 4.39 Å². The third-order valence-electron chi connectivity index (χ3n) is 2.49. The van der Waals surface area contributed by atoms with Crippen LogP contribution in [0.15, 0.2) is 47.7 Å². The summed E-state index contributed by atoms with van der Waals surface area (Å²) in [7, 11) is 0. The number of nitrogens with zero attached hydrogens (tertiary/aromatic N) is 2. The Morgan fingerprint density at radius 3 is 2.82 bits per heavy atom. The minimum absolute atomic E-state index is 0.202. The van der Waals surface area contributed by atoms with Gasteiger partial charge in [-0.2, -0.15) is 0 Å². The van der Waals surface area contributed by atoms with Crippen LogP contribution in [-0.4, -0.2) is 9.55 Å². The maximum atomic E-state index is 13.5. The number of aromatic nitrogens is 2. The molecule has 2 aromatic rings. The normalized spacial score (nSPS) is 12.4. The quantitative estimate of drug-likeness (QED) is 0.863. The summed E-state index contributed by atoms with van der Waals surface area (Å²) in [5.74, 6) is -0.364. The van der Waals surface area contributed by atoms with E-state index in [0.29, 0.717) is 5.56 Å². The SMILES string of the molecule is NC(Cn1cnccc1=O)c1ccccc1F. The van der Waals surface area contributed by atoms with Gasteiger partial charge in [-0.25, -0.2) is 9.37 Å². The minimum Gasteiger partial charge on any atom is -0.322 e. The highest BCUT2D eigenvalue weighted by Crippen LogP contribution is 2.15. The summed E-state index contributed by atoms with van der Waals surface area (Å²) in [5, 5.41) is 0. The van der Waals surface area contributed by atoms with Gasteiger partial charge in [0.1, 0.15) is 5.82 Å². The molecule has 2 N–H and O–H groups in total. The van der Waals surface area contributed by atoms with Crippen molar-refractivity contribution >= 4 is 0 Å². The zero-order valence-corrected chi connectivity index (χ0v) is 9.08. The molecule has 1 atom stereocenters. The Bertz CT molecular complexity index is 567. The second-order valence-corrected chi connectivity index (χ2v) is 3.70. The molecule has 1 aromatic heterocycles. The van der Waals surface area contributed by atoms with Crippen molar-refractivity contribution in [3.8, 4) is 0 Å². The van der Waals surface area contributed by atoms with E-state index < -0.39 is 6.04 Å². The van der Waals surface area contributed by atoms with Crippen LogP contribution in [0.3, 0.4) is 0 Å². The Balaban J connectivity index is 2.23. The van der Waals surface area contributed by atoms with E-state index in [1.807, 2.05) is 0 Å². The van der Waals surface area contributed by atoms with Crippen molar-refractivity contribution in [3.05, 3.63) is 64.6 Å². The van der Waals surface area contributed by atoms with Crippen LogP contribution in [0.1, 0.15) is 11.6 Å². The lowest BCUT2D eigenvalue weighted by atomic mass is 10.1. The van der Waals surface area contributed by atoms with Crippen LogP contribution in [0, 0.1) is 5.82 Å². The van der Waals surface area contributed by atoms with Gasteiger partial charge in [-0.15, -0.1) is 0 Å². The molecule has 0 saturated carbocycles. The van der Waals surface area contributed by atoms with Crippen molar-refractivity contribution in [2.24, 2.45) is 5.73 Å². The summed E-state index contributed by atoms with van der Waals surface area (Å²) in [5.41, 5.74) is 6.06. The number of benzene rings is 1. The molecule has 0 fully saturated rings. The lowest BCUT2D eigenvalue weighted by molar-refractivity contribution is 0.519. The first-order chi connectivity index (χ1) is 8.18. The molecule has 0 saturated heterocycles. The second kappa shape index (κ2) is 4.88. The zero-order valence-electron chi connectivity index (χ0n) is 9.08. The molecule has 1 heterocycles. The van der Waals surface area contributed by atoms with Crippen molar-refractivity contribution in [1.82, 2.24) is 9.55 Å². The van der Waals surface area contributed by atoms with Gasteiger partial charge in [-0.3, -0.25) is 9.36 Å². The van der Waals surface area contributed by atoms with Crippen molar-refractivity contribution in [2.45, 2.75) is 12.6 Å². The Labute approximate surface area is 97.5 Å². The third-order valence-corrected chi connectivity index (χ3v) is 2.49. The maximum Gasteiger partial charge on any atom is 0.253 e. The monoisotopic (exact) mass is 233 g/mol. The molecule has 17 heavy (non-hydrogen) atoms. The molecule has 0 spiro atoms. The predicted octanol–water partition coefficient (Wildman–Crippen LogP) is 1.08. The van der Waals surface area contributed by atoms with Crippen LogP contribution in [0.5, 0.6) is 0 Å². The van der Waals surface area contributed by atoms with Crippen molar-refractivity contribution in [1.29, 1.82) is 0 Å². The average molecular weight is 233 g/mol. The molecule has 1 aromatic carbocycles. The minimum atomic E-state index is -0.571. The van der Waals surface area contributed by atoms with E-state index in [1.54, 1.807) is 18.2 Å². The van der Waals surface area contributed by atoms with Gasteiger partial charge in [0.25, 0.3) is 5.56 Å². The first-order valence-corrected chi connectivity index (χ1v) is 5.19. The number of rotatable bonds is 3. The highest BCUT2D eigenvalue weighted by molar-refractivity contribution is 5.20. The van der Waals surface area contributed by atoms with Gasteiger partial charge >= 0.3 is 0 Å². The first-order valence-electron chi connectivity index (χ1n) is 5.19. The van der Waals surface area contributed by atoms with Crippen molar-refractivity contribution in [3.63, 3.8) is 0 Å². The standard InChI is InChI=1S/C12H12FN3O/c13-10-4-2-1-3-9(10)11(14)7-16-8-15-6-5-12(16)17/h1-6,8,11H,7,14H2. The molecule has 88 valence electrons. The maximum absolute atomic E-state index is 13.5. The zero-order chi connectivity index (χ0) is 12.3. The Morgan fingerprint density at radius 2 is 2.12 bits per heavy atom. The summed E-state index contributed by atoms with van der Waals surface area (Å²) >= 11 is 0. The fourth-order valence-corrected chi connectivity index (χ4v) is 1.60. The van der Waals surface area contributed by atoms with E-state index >= 15 is 0 Å². The fourth-order valence-electron chi connectivity index (χ4n) is 1.60. The van der Waals surface area contributed by atoms with E-state index in [4.69, 9.17) is 5.73 Å². The first kappa shape index (κ1) is 11.5. The highest BCUT2D eigenvalue weighted by Gasteiger charge is 2.11. The lowest BCUT2D eigenvalue weighted by Gasteiger charge is -2.13. The van der Waals surface area contributed by atoms with E-state index in [9.17, 15) is 9.18 Å². The lowest BCUT2D eigenvalue weighted by Crippen LogP contribution is -2.26. The second-order valence-electron chi connectivity index (χ2n) is 3.70. The molecule has 2 rings (SSSR count). The van der Waals surface area contributed by atoms with Crippen LogP contribution >= 0.6 is 0 Å². The van der Waals surface area contributed by atoms with E-state index in [0.717, 1.165) is 0 Å². The van der Waals surface area contributed by atoms with Gasteiger partial charge in [-0.1, -0.05) is 18.2 Å². The van der Waals surface area contributed by atoms with E-state index in [2.05, 4.69) is 4.98 Å². The van der Waals surface area contributed by atoms with Crippen molar-refractivity contribution < 1.29 is 4.39 Å². The molecule has 0 radical (unpaired) electrons. The van der Waals surface area contributed by atoms with Crippen LogP contribution in [0.2, 0.25) is 0 Å².